The fourth-order valence-electron chi connectivity index (χ4n) is 2.98. The van der Waals surface area contributed by atoms with Crippen LogP contribution in [0.1, 0.15) is 17.2 Å². The van der Waals surface area contributed by atoms with Crippen LogP contribution in [0.15, 0.2) is 66.7 Å². The topological polar surface area (TPSA) is 89.9 Å². The van der Waals surface area contributed by atoms with Gasteiger partial charge in [0.1, 0.15) is 0 Å². The molecule has 7 heteroatoms. The Morgan fingerprint density at radius 2 is 1.39 bits per heavy atom. The number of aliphatic carboxylic acids is 2. The zero-order chi connectivity index (χ0) is 20.4. The summed E-state index contributed by atoms with van der Waals surface area (Å²) in [4.78, 5) is 21.6. The van der Waals surface area contributed by atoms with Crippen LogP contribution < -0.4 is 5.32 Å². The summed E-state index contributed by atoms with van der Waals surface area (Å²) in [5, 5.41) is 19.8. The second-order valence-electron chi connectivity index (χ2n) is 6.16. The lowest BCUT2D eigenvalue weighted by atomic mass is 9.96. The molecule has 0 spiro atoms. The largest absolute Gasteiger partial charge is 0.478 e. The number of nitrogens with zero attached hydrogens (tertiary/aromatic N) is 1. The molecule has 0 amide bonds. The Kier molecular flexibility index (Phi) is 8.68. The lowest BCUT2D eigenvalue weighted by Gasteiger charge is -2.35. The highest BCUT2D eigenvalue weighted by Crippen LogP contribution is 2.29. The molecule has 3 N–H and O–H groups in total. The number of nitrogens with one attached hydrogen (secondary N) is 1. The zero-order valence-corrected chi connectivity index (χ0v) is 16.0. The molecule has 3 rings (SSSR count). The van der Waals surface area contributed by atoms with E-state index in [2.05, 4.69) is 52.7 Å². The molecule has 0 aliphatic carbocycles. The van der Waals surface area contributed by atoms with Gasteiger partial charge in [0.05, 0.1) is 6.04 Å². The fraction of sp³-hybridized carbons (Fsp3) is 0.238. The van der Waals surface area contributed by atoms with Gasteiger partial charge in [-0.05, 0) is 23.3 Å². The molecule has 148 valence electrons. The van der Waals surface area contributed by atoms with Crippen LogP contribution in [0.4, 0.5) is 0 Å². The Morgan fingerprint density at radius 3 is 1.89 bits per heavy atom. The third kappa shape index (κ3) is 7.15. The van der Waals surface area contributed by atoms with Crippen molar-refractivity contribution in [2.75, 3.05) is 26.2 Å². The van der Waals surface area contributed by atoms with Gasteiger partial charge in [0.15, 0.2) is 0 Å². The Balaban J connectivity index is 0.000000300. The zero-order valence-electron chi connectivity index (χ0n) is 15.3. The second-order valence-corrected chi connectivity index (χ2v) is 6.60. The van der Waals surface area contributed by atoms with Gasteiger partial charge < -0.3 is 15.5 Å². The van der Waals surface area contributed by atoms with Gasteiger partial charge in [-0.3, -0.25) is 4.90 Å². The maximum absolute atomic E-state index is 9.55. The van der Waals surface area contributed by atoms with Gasteiger partial charge in [0.25, 0.3) is 0 Å². The first kappa shape index (κ1) is 21.6. The van der Waals surface area contributed by atoms with E-state index in [1.165, 1.54) is 11.1 Å². The molecule has 0 bridgehead atoms. The molecule has 1 fully saturated rings. The van der Waals surface area contributed by atoms with Crippen LogP contribution in [-0.2, 0) is 9.59 Å². The quantitative estimate of drug-likeness (QED) is 0.666. The molecule has 1 saturated heterocycles. The minimum absolute atomic E-state index is 0.315. The van der Waals surface area contributed by atoms with Crippen LogP contribution in [0.5, 0.6) is 0 Å². The normalized spacial score (nSPS) is 15.5. The Hall–Kier alpha value is -2.67. The summed E-state index contributed by atoms with van der Waals surface area (Å²) >= 11 is 6.02. The highest BCUT2D eigenvalue weighted by molar-refractivity contribution is 6.30. The molecule has 1 heterocycles. The summed E-state index contributed by atoms with van der Waals surface area (Å²) in [5.74, 6) is -2.51. The molecule has 6 nitrogen and oxygen atoms in total. The highest BCUT2D eigenvalue weighted by atomic mass is 35.5. The molecule has 0 radical (unpaired) electrons. The molecule has 0 unspecified atom stereocenters. The summed E-state index contributed by atoms with van der Waals surface area (Å²) in [6, 6.07) is 19.3. The van der Waals surface area contributed by atoms with Crippen LogP contribution in [0, 0.1) is 0 Å². The number of carbonyl (C=O) groups is 2. The number of carboxylic acid groups (broad SMARTS) is 2. The van der Waals surface area contributed by atoms with E-state index in [1.807, 2.05) is 12.1 Å². The van der Waals surface area contributed by atoms with Crippen molar-refractivity contribution < 1.29 is 19.8 Å². The number of piperazine rings is 1. The number of carboxylic acids is 2. The summed E-state index contributed by atoms with van der Waals surface area (Å²) in [7, 11) is 0. The molecule has 1 atom stereocenters. The van der Waals surface area contributed by atoms with E-state index in [0.29, 0.717) is 18.2 Å². The minimum atomic E-state index is -1.26. The molecule has 2 aromatic carbocycles. The average molecular weight is 403 g/mol. The van der Waals surface area contributed by atoms with Crippen molar-refractivity contribution in [3.63, 3.8) is 0 Å². The summed E-state index contributed by atoms with van der Waals surface area (Å²) < 4.78 is 0. The SMILES string of the molecule is Clc1ccc([C@@H](c2ccccc2)N2CCNCC2)cc1.O=C(O)/C=C/C(=O)O. The minimum Gasteiger partial charge on any atom is -0.478 e. The van der Waals surface area contributed by atoms with Crippen molar-refractivity contribution in [3.05, 3.63) is 82.9 Å². The van der Waals surface area contributed by atoms with E-state index in [9.17, 15) is 9.59 Å². The van der Waals surface area contributed by atoms with Crippen molar-refractivity contribution >= 4 is 23.5 Å². The molecule has 0 aromatic heterocycles. The van der Waals surface area contributed by atoms with E-state index in [4.69, 9.17) is 21.8 Å². The van der Waals surface area contributed by atoms with Gasteiger partial charge >= 0.3 is 11.9 Å². The van der Waals surface area contributed by atoms with Crippen molar-refractivity contribution in [1.29, 1.82) is 0 Å². The molecule has 1 aliphatic heterocycles. The predicted molar refractivity (Wildman–Crippen MR) is 109 cm³/mol. The summed E-state index contributed by atoms with van der Waals surface area (Å²) in [6.45, 7) is 4.25. The van der Waals surface area contributed by atoms with Crippen molar-refractivity contribution in [1.82, 2.24) is 10.2 Å². The Labute approximate surface area is 169 Å². The Morgan fingerprint density at radius 1 is 0.893 bits per heavy atom. The second kappa shape index (κ2) is 11.2. The summed E-state index contributed by atoms with van der Waals surface area (Å²) in [5.41, 5.74) is 2.65. The monoisotopic (exact) mass is 402 g/mol. The number of hydrogen-bond acceptors (Lipinski definition) is 4. The van der Waals surface area contributed by atoms with Crippen LogP contribution in [0.2, 0.25) is 5.02 Å². The van der Waals surface area contributed by atoms with Crippen LogP contribution in [0.3, 0.4) is 0 Å². The molecular formula is C21H23ClN2O4. The number of hydrogen-bond donors (Lipinski definition) is 3. The maximum Gasteiger partial charge on any atom is 0.328 e. The lowest BCUT2D eigenvalue weighted by molar-refractivity contribution is -0.134. The van der Waals surface area contributed by atoms with Crippen LogP contribution in [-0.4, -0.2) is 53.2 Å². The van der Waals surface area contributed by atoms with Crippen molar-refractivity contribution in [2.45, 2.75) is 6.04 Å². The number of rotatable bonds is 5. The first-order valence-corrected chi connectivity index (χ1v) is 9.24. The Bertz CT molecular complexity index is 772. The molecule has 28 heavy (non-hydrogen) atoms. The maximum atomic E-state index is 9.55. The first-order chi connectivity index (χ1) is 13.5. The van der Waals surface area contributed by atoms with Crippen LogP contribution >= 0.6 is 11.6 Å². The van der Waals surface area contributed by atoms with Crippen molar-refractivity contribution in [2.24, 2.45) is 0 Å². The van der Waals surface area contributed by atoms with E-state index in [-0.39, 0.29) is 0 Å². The van der Waals surface area contributed by atoms with Gasteiger partial charge in [-0.2, -0.15) is 0 Å². The predicted octanol–water partition coefficient (Wildman–Crippen LogP) is 3.05. The fourth-order valence-corrected chi connectivity index (χ4v) is 3.10. The highest BCUT2D eigenvalue weighted by Gasteiger charge is 2.23. The van der Waals surface area contributed by atoms with E-state index < -0.39 is 11.9 Å². The van der Waals surface area contributed by atoms with Gasteiger partial charge in [-0.25, -0.2) is 9.59 Å². The third-order valence-corrected chi connectivity index (χ3v) is 4.44. The molecule has 2 aromatic rings. The van der Waals surface area contributed by atoms with Crippen LogP contribution in [0.25, 0.3) is 0 Å². The van der Waals surface area contributed by atoms with Gasteiger partial charge in [-0.1, -0.05) is 54.1 Å². The van der Waals surface area contributed by atoms with E-state index >= 15 is 0 Å². The number of halogens is 1. The van der Waals surface area contributed by atoms with Crippen molar-refractivity contribution in [3.8, 4) is 0 Å². The average Bonchev–Trinajstić information content (AvgIpc) is 2.70. The lowest BCUT2D eigenvalue weighted by Crippen LogP contribution is -2.45. The third-order valence-electron chi connectivity index (χ3n) is 4.19. The molecular weight excluding hydrogens is 380 g/mol. The van der Waals surface area contributed by atoms with Gasteiger partial charge in [0, 0.05) is 43.4 Å². The van der Waals surface area contributed by atoms with Gasteiger partial charge in [0.2, 0.25) is 0 Å². The standard InChI is InChI=1S/C17H19ClN2.C4H4O4/c18-16-8-6-15(7-9-16)17(14-4-2-1-3-5-14)20-12-10-19-11-13-20;5-3(6)1-2-4(7)8/h1-9,17,19H,10-13H2;1-2H,(H,5,6)(H,7,8)/b;2-1+/t17-;/m1./s1. The summed E-state index contributed by atoms with van der Waals surface area (Å²) in [6.07, 6.45) is 1.12. The first-order valence-electron chi connectivity index (χ1n) is 8.86. The van der Waals surface area contributed by atoms with E-state index in [1.54, 1.807) is 0 Å². The molecule has 1 aliphatic rings. The number of benzene rings is 2. The molecule has 0 saturated carbocycles. The smallest absolute Gasteiger partial charge is 0.328 e. The van der Waals surface area contributed by atoms with Gasteiger partial charge in [-0.15, -0.1) is 0 Å². The van der Waals surface area contributed by atoms with E-state index in [0.717, 1.165) is 31.2 Å².